The van der Waals surface area contributed by atoms with Crippen molar-refractivity contribution in [2.24, 2.45) is 0 Å². The molecule has 2 aromatic rings. The molecule has 10 heteroatoms. The molecule has 0 bridgehead atoms. The number of amides is 1. The second-order valence-electron chi connectivity index (χ2n) is 4.67. The number of anilines is 1. The minimum Gasteiger partial charge on any atom is -0.375 e. The van der Waals surface area contributed by atoms with Gasteiger partial charge in [0.15, 0.2) is 5.13 Å². The summed E-state index contributed by atoms with van der Waals surface area (Å²) in [6.45, 7) is 0.0879. The van der Waals surface area contributed by atoms with E-state index in [0.717, 1.165) is 15.4 Å². The van der Waals surface area contributed by atoms with Crippen LogP contribution in [0.1, 0.15) is 11.3 Å². The molecule has 126 valence electrons. The van der Waals surface area contributed by atoms with Crippen molar-refractivity contribution in [1.82, 2.24) is 15.0 Å². The Morgan fingerprint density at radius 3 is 2.87 bits per heavy atom. The highest BCUT2D eigenvalue weighted by Crippen LogP contribution is 2.33. The van der Waals surface area contributed by atoms with Gasteiger partial charge in [-0.2, -0.15) is 0 Å². The van der Waals surface area contributed by atoms with E-state index in [2.05, 4.69) is 15.0 Å². The number of aromatic nitrogens is 1. The van der Waals surface area contributed by atoms with Gasteiger partial charge in [0, 0.05) is 17.8 Å². The standard InChI is InChI=1S/C13H18N4O3S3/c1-15-23(19,20)8-6-16-11(18)5-4-10-12(17-13(14)22-10)9-3-2-7-21-9/h2-3,7,15H,4-6,8H2,1H3,(H2,14,17)(H,16,18). The average Bonchev–Trinajstić information content (AvgIpc) is 3.14. The van der Waals surface area contributed by atoms with E-state index in [-0.39, 0.29) is 24.6 Å². The van der Waals surface area contributed by atoms with Crippen LogP contribution in [0.15, 0.2) is 17.5 Å². The van der Waals surface area contributed by atoms with Crippen LogP contribution in [0.5, 0.6) is 0 Å². The molecule has 0 unspecified atom stereocenters. The van der Waals surface area contributed by atoms with Crippen LogP contribution in [-0.2, 0) is 21.2 Å². The maximum atomic E-state index is 11.8. The van der Waals surface area contributed by atoms with Crippen molar-refractivity contribution in [2.75, 3.05) is 25.1 Å². The molecule has 2 heterocycles. The zero-order valence-electron chi connectivity index (χ0n) is 12.5. The maximum Gasteiger partial charge on any atom is 0.220 e. The number of nitrogen functional groups attached to an aromatic ring is 1. The van der Waals surface area contributed by atoms with E-state index in [0.29, 0.717) is 11.6 Å². The van der Waals surface area contributed by atoms with E-state index in [4.69, 9.17) is 5.73 Å². The third-order valence-electron chi connectivity index (χ3n) is 3.05. The van der Waals surface area contributed by atoms with Crippen LogP contribution < -0.4 is 15.8 Å². The Morgan fingerprint density at radius 2 is 2.22 bits per heavy atom. The highest BCUT2D eigenvalue weighted by atomic mass is 32.2. The molecule has 23 heavy (non-hydrogen) atoms. The third kappa shape index (κ3) is 5.27. The Hall–Kier alpha value is -1.49. The molecule has 0 aromatic carbocycles. The molecule has 0 atom stereocenters. The molecular weight excluding hydrogens is 356 g/mol. The molecule has 2 rings (SSSR count). The molecule has 1 amide bonds. The molecule has 0 aliphatic carbocycles. The summed E-state index contributed by atoms with van der Waals surface area (Å²) >= 11 is 2.95. The predicted molar refractivity (Wildman–Crippen MR) is 94.0 cm³/mol. The zero-order valence-corrected chi connectivity index (χ0v) is 15.0. The van der Waals surface area contributed by atoms with Crippen molar-refractivity contribution in [2.45, 2.75) is 12.8 Å². The molecule has 0 spiro atoms. The van der Waals surface area contributed by atoms with Gasteiger partial charge in [-0.1, -0.05) is 6.07 Å². The van der Waals surface area contributed by atoms with Crippen LogP contribution in [0, 0.1) is 0 Å². The van der Waals surface area contributed by atoms with E-state index >= 15 is 0 Å². The van der Waals surface area contributed by atoms with Gasteiger partial charge in [0.2, 0.25) is 15.9 Å². The predicted octanol–water partition coefficient (Wildman–Crippen LogP) is 1.05. The van der Waals surface area contributed by atoms with Gasteiger partial charge in [-0.15, -0.1) is 22.7 Å². The van der Waals surface area contributed by atoms with Gasteiger partial charge in [-0.05, 0) is 24.9 Å². The second kappa shape index (κ2) is 7.86. The number of hydrogen-bond donors (Lipinski definition) is 3. The van der Waals surface area contributed by atoms with Crippen molar-refractivity contribution < 1.29 is 13.2 Å². The number of thiophene rings is 1. The molecular formula is C13H18N4O3S3. The number of nitrogens with zero attached hydrogens (tertiary/aromatic N) is 1. The van der Waals surface area contributed by atoms with Crippen LogP contribution >= 0.6 is 22.7 Å². The third-order valence-corrected chi connectivity index (χ3v) is 6.24. The normalized spacial score (nSPS) is 11.5. The Morgan fingerprint density at radius 1 is 1.43 bits per heavy atom. The lowest BCUT2D eigenvalue weighted by atomic mass is 10.2. The first-order valence-electron chi connectivity index (χ1n) is 6.88. The molecule has 0 aliphatic rings. The maximum absolute atomic E-state index is 11.8. The number of rotatable bonds is 8. The van der Waals surface area contributed by atoms with E-state index in [9.17, 15) is 13.2 Å². The summed E-state index contributed by atoms with van der Waals surface area (Å²) in [7, 11) is -1.96. The minimum atomic E-state index is -3.30. The van der Waals surface area contributed by atoms with Gasteiger partial charge in [0.05, 0.1) is 16.3 Å². The number of nitrogens with one attached hydrogen (secondary N) is 2. The highest BCUT2D eigenvalue weighted by molar-refractivity contribution is 7.89. The topological polar surface area (TPSA) is 114 Å². The summed E-state index contributed by atoms with van der Waals surface area (Å²) < 4.78 is 24.7. The lowest BCUT2D eigenvalue weighted by Crippen LogP contribution is -2.33. The number of sulfonamides is 1. The average molecular weight is 375 g/mol. The van der Waals surface area contributed by atoms with Gasteiger partial charge in [0.25, 0.3) is 0 Å². The molecule has 0 saturated heterocycles. The quantitative estimate of drug-likeness (QED) is 0.639. The van der Waals surface area contributed by atoms with E-state index < -0.39 is 10.0 Å². The summed E-state index contributed by atoms with van der Waals surface area (Å²) in [5.74, 6) is -0.330. The first kappa shape index (κ1) is 17.9. The van der Waals surface area contributed by atoms with Crippen molar-refractivity contribution in [3.8, 4) is 10.6 Å². The second-order valence-corrected chi connectivity index (χ2v) is 8.78. The van der Waals surface area contributed by atoms with Crippen LogP contribution in [0.4, 0.5) is 5.13 Å². The Labute approximate surface area is 143 Å². The van der Waals surface area contributed by atoms with Crippen LogP contribution in [0.25, 0.3) is 10.6 Å². The van der Waals surface area contributed by atoms with Crippen molar-refractivity contribution in [3.05, 3.63) is 22.4 Å². The zero-order chi connectivity index (χ0) is 16.9. The fraction of sp³-hybridized carbons (Fsp3) is 0.385. The van der Waals surface area contributed by atoms with Gasteiger partial charge in [0.1, 0.15) is 0 Å². The lowest BCUT2D eigenvalue weighted by molar-refractivity contribution is -0.120. The van der Waals surface area contributed by atoms with Crippen LogP contribution in [-0.4, -0.2) is 38.7 Å². The number of carbonyl (C=O) groups excluding carboxylic acids is 1. The summed E-state index contributed by atoms with van der Waals surface area (Å²) in [6.07, 6.45) is 0.784. The van der Waals surface area contributed by atoms with Gasteiger partial charge < -0.3 is 11.1 Å². The van der Waals surface area contributed by atoms with E-state index in [1.807, 2.05) is 17.5 Å². The van der Waals surface area contributed by atoms with Crippen molar-refractivity contribution in [3.63, 3.8) is 0 Å². The molecule has 0 fully saturated rings. The first-order valence-corrected chi connectivity index (χ1v) is 10.2. The van der Waals surface area contributed by atoms with Crippen LogP contribution in [0.3, 0.4) is 0 Å². The Kier molecular flexibility index (Phi) is 6.10. The molecule has 0 saturated carbocycles. The number of nitrogens with two attached hydrogens (primary N) is 1. The van der Waals surface area contributed by atoms with Crippen molar-refractivity contribution >= 4 is 43.7 Å². The van der Waals surface area contributed by atoms with Crippen molar-refractivity contribution in [1.29, 1.82) is 0 Å². The molecule has 0 radical (unpaired) electrons. The number of carbonyl (C=O) groups is 1. The summed E-state index contributed by atoms with van der Waals surface area (Å²) in [6, 6.07) is 3.90. The smallest absolute Gasteiger partial charge is 0.220 e. The van der Waals surface area contributed by atoms with Crippen LogP contribution in [0.2, 0.25) is 0 Å². The van der Waals surface area contributed by atoms with Gasteiger partial charge >= 0.3 is 0 Å². The monoisotopic (exact) mass is 374 g/mol. The Balaban J connectivity index is 1.88. The largest absolute Gasteiger partial charge is 0.375 e. The summed E-state index contributed by atoms with van der Waals surface area (Å²) in [5, 5.41) is 5.04. The van der Waals surface area contributed by atoms with Gasteiger partial charge in [-0.25, -0.2) is 18.1 Å². The summed E-state index contributed by atoms with van der Waals surface area (Å²) in [5.41, 5.74) is 6.60. The first-order chi connectivity index (χ1) is 10.9. The lowest BCUT2D eigenvalue weighted by Gasteiger charge is -2.05. The number of hydrogen-bond acceptors (Lipinski definition) is 7. The fourth-order valence-electron chi connectivity index (χ4n) is 1.89. The Bertz CT molecular complexity index is 754. The van der Waals surface area contributed by atoms with E-state index in [1.165, 1.54) is 18.4 Å². The molecule has 0 aliphatic heterocycles. The van der Waals surface area contributed by atoms with Gasteiger partial charge in [-0.3, -0.25) is 4.79 Å². The number of thiazole rings is 1. The molecule has 7 nitrogen and oxygen atoms in total. The van der Waals surface area contributed by atoms with E-state index in [1.54, 1.807) is 11.3 Å². The molecule has 4 N–H and O–H groups in total. The highest BCUT2D eigenvalue weighted by Gasteiger charge is 2.14. The summed E-state index contributed by atoms with van der Waals surface area (Å²) in [4.78, 5) is 18.1. The minimum absolute atomic E-state index is 0.0879. The molecule has 2 aromatic heterocycles. The SMILES string of the molecule is CNS(=O)(=O)CCNC(=O)CCc1sc(N)nc1-c1cccs1. The number of aryl methyl sites for hydroxylation is 1. The fourth-order valence-corrected chi connectivity index (χ4v) is 4.11.